The van der Waals surface area contributed by atoms with Gasteiger partial charge in [0.2, 0.25) is 0 Å². The molecule has 0 aliphatic carbocycles. The smallest absolute Gasteiger partial charge is 0.0986 e. The molecule has 0 fully saturated rings. The summed E-state index contributed by atoms with van der Waals surface area (Å²) in [6, 6.07) is 0. The molecule has 1 aromatic heterocycles. The Labute approximate surface area is 66.9 Å². The molecule has 0 saturated heterocycles. The summed E-state index contributed by atoms with van der Waals surface area (Å²) in [5.74, 6) is 0. The average molecular weight is 148 g/mol. The molecule has 0 radical (unpaired) electrons. The van der Waals surface area contributed by atoms with E-state index in [9.17, 15) is 0 Å². The molecule has 1 rings (SSSR count). The van der Waals surface area contributed by atoms with Gasteiger partial charge in [-0.15, -0.1) is 0 Å². The van der Waals surface area contributed by atoms with E-state index >= 15 is 0 Å². The van der Waals surface area contributed by atoms with Gasteiger partial charge in [-0.25, -0.2) is 4.98 Å². The maximum absolute atomic E-state index is 3.91. The van der Waals surface area contributed by atoms with Crippen molar-refractivity contribution in [3.8, 4) is 0 Å². The molecule has 0 spiro atoms. The number of rotatable bonds is 3. The predicted molar refractivity (Wildman–Crippen MR) is 47.0 cm³/mol. The van der Waals surface area contributed by atoms with Crippen LogP contribution in [0.1, 0.15) is 13.3 Å². The van der Waals surface area contributed by atoms with E-state index in [1.807, 2.05) is 29.1 Å². The summed E-state index contributed by atoms with van der Waals surface area (Å²) in [6.45, 7) is 2.11. The summed E-state index contributed by atoms with van der Waals surface area (Å²) in [7, 11) is 0. The standard InChI is InChI=1S/C9H12N2/c1-2-3-4-5-7-11-8-6-10-9-11/h3-9H,2H2,1H3/b4-3-,7-5-. The molecular formula is C9H12N2. The molecule has 0 unspecified atom stereocenters. The van der Waals surface area contributed by atoms with Gasteiger partial charge in [0.25, 0.3) is 0 Å². The van der Waals surface area contributed by atoms with Crippen LogP contribution in [0.3, 0.4) is 0 Å². The summed E-state index contributed by atoms with van der Waals surface area (Å²) in [5.41, 5.74) is 0. The largest absolute Gasteiger partial charge is 0.313 e. The van der Waals surface area contributed by atoms with Gasteiger partial charge < -0.3 is 4.57 Å². The molecule has 11 heavy (non-hydrogen) atoms. The topological polar surface area (TPSA) is 17.8 Å². The van der Waals surface area contributed by atoms with Gasteiger partial charge in [-0.1, -0.05) is 19.1 Å². The van der Waals surface area contributed by atoms with Gasteiger partial charge in [0, 0.05) is 18.6 Å². The Hall–Kier alpha value is -1.31. The summed E-state index contributed by atoms with van der Waals surface area (Å²) >= 11 is 0. The molecule has 0 amide bonds. The van der Waals surface area contributed by atoms with E-state index in [4.69, 9.17) is 0 Å². The van der Waals surface area contributed by atoms with Crippen LogP contribution in [0.25, 0.3) is 6.20 Å². The van der Waals surface area contributed by atoms with Gasteiger partial charge >= 0.3 is 0 Å². The first-order valence-corrected chi connectivity index (χ1v) is 3.74. The molecule has 0 bridgehead atoms. The van der Waals surface area contributed by atoms with E-state index in [0.717, 1.165) is 6.42 Å². The minimum Gasteiger partial charge on any atom is -0.313 e. The van der Waals surface area contributed by atoms with Gasteiger partial charge in [-0.05, 0) is 12.5 Å². The zero-order chi connectivity index (χ0) is 7.94. The molecule has 2 heteroatoms. The minimum atomic E-state index is 1.08. The molecule has 1 heterocycles. The second-order valence-electron chi connectivity index (χ2n) is 2.19. The summed E-state index contributed by atoms with van der Waals surface area (Å²) in [5, 5.41) is 0. The van der Waals surface area contributed by atoms with Gasteiger partial charge in [-0.2, -0.15) is 0 Å². The van der Waals surface area contributed by atoms with Crippen LogP contribution in [-0.2, 0) is 0 Å². The maximum Gasteiger partial charge on any atom is 0.0986 e. The first-order chi connectivity index (χ1) is 5.43. The molecule has 2 nitrogen and oxygen atoms in total. The summed E-state index contributed by atoms with van der Waals surface area (Å²) in [4.78, 5) is 3.91. The molecule has 0 atom stereocenters. The zero-order valence-electron chi connectivity index (χ0n) is 6.64. The lowest BCUT2D eigenvalue weighted by Gasteiger charge is -1.85. The molecule has 0 aliphatic rings. The van der Waals surface area contributed by atoms with Crippen LogP contribution in [0, 0.1) is 0 Å². The van der Waals surface area contributed by atoms with E-state index in [1.54, 1.807) is 12.5 Å². The van der Waals surface area contributed by atoms with Crippen molar-refractivity contribution in [1.29, 1.82) is 0 Å². The number of aromatic nitrogens is 2. The summed E-state index contributed by atoms with van der Waals surface area (Å²) < 4.78 is 1.90. The van der Waals surface area contributed by atoms with Crippen LogP contribution in [0.2, 0.25) is 0 Å². The number of hydrogen-bond donors (Lipinski definition) is 0. The first kappa shape index (κ1) is 7.79. The lowest BCUT2D eigenvalue weighted by Crippen LogP contribution is -1.76. The van der Waals surface area contributed by atoms with Crippen molar-refractivity contribution >= 4 is 6.20 Å². The Morgan fingerprint density at radius 2 is 2.36 bits per heavy atom. The van der Waals surface area contributed by atoms with E-state index < -0.39 is 0 Å². The summed E-state index contributed by atoms with van der Waals surface area (Å²) in [6.07, 6.45) is 14.6. The van der Waals surface area contributed by atoms with Crippen LogP contribution in [-0.4, -0.2) is 9.55 Å². The fourth-order valence-corrected chi connectivity index (χ4v) is 0.721. The zero-order valence-corrected chi connectivity index (χ0v) is 6.64. The third-order valence-corrected chi connectivity index (χ3v) is 1.27. The van der Waals surface area contributed by atoms with E-state index in [0.29, 0.717) is 0 Å². The van der Waals surface area contributed by atoms with Crippen LogP contribution in [0.4, 0.5) is 0 Å². The molecule has 1 aromatic rings. The Kier molecular flexibility index (Phi) is 3.19. The predicted octanol–water partition coefficient (Wildman–Crippen LogP) is 2.32. The van der Waals surface area contributed by atoms with Crippen molar-refractivity contribution in [3.05, 3.63) is 36.9 Å². The van der Waals surface area contributed by atoms with Gasteiger partial charge in [0.05, 0.1) is 6.33 Å². The Balaban J connectivity index is 2.43. The van der Waals surface area contributed by atoms with Crippen LogP contribution < -0.4 is 0 Å². The SMILES string of the molecule is CC/C=C\C=C/n1ccnc1. The third kappa shape index (κ3) is 2.85. The highest BCUT2D eigenvalue weighted by molar-refractivity contribution is 5.26. The van der Waals surface area contributed by atoms with Gasteiger partial charge in [-0.3, -0.25) is 0 Å². The monoisotopic (exact) mass is 148 g/mol. The van der Waals surface area contributed by atoms with Crippen molar-refractivity contribution in [2.45, 2.75) is 13.3 Å². The fraction of sp³-hybridized carbons (Fsp3) is 0.222. The first-order valence-electron chi connectivity index (χ1n) is 3.74. The van der Waals surface area contributed by atoms with E-state index in [-0.39, 0.29) is 0 Å². The highest BCUT2D eigenvalue weighted by atomic mass is 15.0. The van der Waals surface area contributed by atoms with Crippen molar-refractivity contribution in [2.75, 3.05) is 0 Å². The highest BCUT2D eigenvalue weighted by Crippen LogP contribution is 1.88. The minimum absolute atomic E-state index is 1.08. The van der Waals surface area contributed by atoms with E-state index in [2.05, 4.69) is 18.0 Å². The van der Waals surface area contributed by atoms with Crippen molar-refractivity contribution in [2.24, 2.45) is 0 Å². The third-order valence-electron chi connectivity index (χ3n) is 1.27. The average Bonchev–Trinajstić information content (AvgIpc) is 2.50. The number of hydrogen-bond acceptors (Lipinski definition) is 1. The van der Waals surface area contributed by atoms with Crippen LogP contribution >= 0.6 is 0 Å². The van der Waals surface area contributed by atoms with Crippen LogP contribution in [0.5, 0.6) is 0 Å². The number of imidazole rings is 1. The fourth-order valence-electron chi connectivity index (χ4n) is 0.721. The lowest BCUT2D eigenvalue weighted by atomic mass is 10.4. The van der Waals surface area contributed by atoms with Crippen molar-refractivity contribution in [3.63, 3.8) is 0 Å². The molecule has 0 saturated carbocycles. The highest BCUT2D eigenvalue weighted by Gasteiger charge is 1.76. The molecule has 58 valence electrons. The van der Waals surface area contributed by atoms with E-state index in [1.165, 1.54) is 0 Å². The normalized spacial score (nSPS) is 11.7. The Morgan fingerprint density at radius 1 is 1.45 bits per heavy atom. The maximum atomic E-state index is 3.91. The Bertz CT molecular complexity index is 232. The second kappa shape index (κ2) is 4.50. The number of nitrogens with zero attached hydrogens (tertiary/aromatic N) is 2. The second-order valence-corrected chi connectivity index (χ2v) is 2.19. The quantitative estimate of drug-likeness (QED) is 0.601. The van der Waals surface area contributed by atoms with Crippen molar-refractivity contribution < 1.29 is 0 Å². The van der Waals surface area contributed by atoms with Crippen molar-refractivity contribution in [1.82, 2.24) is 9.55 Å². The molecule has 0 aromatic carbocycles. The van der Waals surface area contributed by atoms with Gasteiger partial charge in [0.1, 0.15) is 0 Å². The Morgan fingerprint density at radius 3 is 3.00 bits per heavy atom. The van der Waals surface area contributed by atoms with Gasteiger partial charge in [0.15, 0.2) is 0 Å². The molecule has 0 N–H and O–H groups in total. The van der Waals surface area contributed by atoms with Crippen LogP contribution in [0.15, 0.2) is 36.9 Å². The molecule has 0 aliphatic heterocycles. The molecular weight excluding hydrogens is 136 g/mol. The number of allylic oxidation sites excluding steroid dienone is 3. The lowest BCUT2D eigenvalue weighted by molar-refractivity contribution is 1.14.